The first-order valence-electron chi connectivity index (χ1n) is 5.41. The molecular weight excluding hydrogens is 224 g/mol. The van der Waals surface area contributed by atoms with Crippen molar-refractivity contribution < 1.29 is 5.11 Å². The molecule has 6 heteroatoms. The molecule has 0 amide bonds. The van der Waals surface area contributed by atoms with Crippen molar-refractivity contribution >= 4 is 11.8 Å². The average Bonchev–Trinajstić information content (AvgIpc) is 2.54. The zero-order valence-corrected chi connectivity index (χ0v) is 11.1. The van der Waals surface area contributed by atoms with E-state index in [1.165, 1.54) is 11.8 Å². The van der Waals surface area contributed by atoms with Crippen LogP contribution in [0.15, 0.2) is 5.16 Å². The van der Waals surface area contributed by atoms with Crippen LogP contribution < -0.4 is 5.32 Å². The van der Waals surface area contributed by atoms with E-state index in [2.05, 4.69) is 29.4 Å². The van der Waals surface area contributed by atoms with Crippen LogP contribution in [0, 0.1) is 6.92 Å². The average molecular weight is 244 g/mol. The van der Waals surface area contributed by atoms with Crippen molar-refractivity contribution in [2.45, 2.75) is 38.1 Å². The molecule has 0 saturated carbocycles. The van der Waals surface area contributed by atoms with Crippen LogP contribution in [-0.4, -0.2) is 44.3 Å². The summed E-state index contributed by atoms with van der Waals surface area (Å²) in [6.07, 6.45) is -0.357. The van der Waals surface area contributed by atoms with E-state index in [1.807, 2.05) is 18.5 Å². The quantitative estimate of drug-likeness (QED) is 0.717. The number of hydrogen-bond acceptors (Lipinski definition) is 5. The Balaban J connectivity index is 2.31. The summed E-state index contributed by atoms with van der Waals surface area (Å²) in [4.78, 5) is 0. The zero-order valence-electron chi connectivity index (χ0n) is 10.3. The first-order valence-corrected chi connectivity index (χ1v) is 6.39. The van der Waals surface area contributed by atoms with Gasteiger partial charge in [0.25, 0.3) is 0 Å². The zero-order chi connectivity index (χ0) is 12.1. The molecule has 0 saturated heterocycles. The van der Waals surface area contributed by atoms with Crippen LogP contribution in [0.1, 0.15) is 19.7 Å². The fourth-order valence-corrected chi connectivity index (χ4v) is 2.00. The van der Waals surface area contributed by atoms with Crippen LogP contribution in [0.25, 0.3) is 0 Å². The summed E-state index contributed by atoms with van der Waals surface area (Å²) in [6.45, 7) is 6.65. The molecule has 5 nitrogen and oxygen atoms in total. The third-order valence-electron chi connectivity index (χ3n) is 2.22. The number of aryl methyl sites for hydroxylation is 1. The van der Waals surface area contributed by atoms with E-state index in [9.17, 15) is 5.11 Å². The van der Waals surface area contributed by atoms with Crippen molar-refractivity contribution in [3.05, 3.63) is 5.82 Å². The molecule has 1 aromatic heterocycles. The summed E-state index contributed by atoms with van der Waals surface area (Å²) in [5.74, 6) is 1.52. The molecule has 0 aliphatic rings. The second-order valence-corrected chi connectivity index (χ2v) is 5.10. The summed E-state index contributed by atoms with van der Waals surface area (Å²) in [5.41, 5.74) is 0. The number of hydrogen-bond donors (Lipinski definition) is 2. The Hall–Kier alpha value is -0.590. The fourth-order valence-electron chi connectivity index (χ4n) is 1.11. The summed E-state index contributed by atoms with van der Waals surface area (Å²) in [5, 5.41) is 21.7. The van der Waals surface area contributed by atoms with Gasteiger partial charge in [-0.2, -0.15) is 0 Å². The largest absolute Gasteiger partial charge is 0.391 e. The monoisotopic (exact) mass is 244 g/mol. The van der Waals surface area contributed by atoms with Gasteiger partial charge in [-0.15, -0.1) is 10.2 Å². The second-order valence-electron chi connectivity index (χ2n) is 4.12. The van der Waals surface area contributed by atoms with Gasteiger partial charge in [0.05, 0.1) is 6.10 Å². The number of aliphatic hydroxyl groups excluding tert-OH is 1. The number of aliphatic hydroxyl groups is 1. The Morgan fingerprint density at radius 3 is 2.62 bits per heavy atom. The highest BCUT2D eigenvalue weighted by molar-refractivity contribution is 7.99. The fraction of sp³-hybridized carbons (Fsp3) is 0.800. The minimum absolute atomic E-state index is 0.357. The molecular formula is C10H20N4OS. The van der Waals surface area contributed by atoms with Gasteiger partial charge < -0.3 is 15.0 Å². The standard InChI is InChI=1S/C10H20N4OS/c1-7(2)11-5-9(15)6-16-10-13-12-8(3)14(10)4/h7,9,11,15H,5-6H2,1-4H3. The second kappa shape index (κ2) is 6.22. The third-order valence-corrected chi connectivity index (χ3v) is 3.38. The Morgan fingerprint density at radius 1 is 1.44 bits per heavy atom. The third kappa shape index (κ3) is 4.11. The van der Waals surface area contributed by atoms with Crippen molar-refractivity contribution in [2.75, 3.05) is 12.3 Å². The molecule has 0 aromatic carbocycles. The van der Waals surface area contributed by atoms with E-state index in [1.54, 1.807) is 0 Å². The SMILES string of the molecule is Cc1nnc(SCC(O)CNC(C)C)n1C. The smallest absolute Gasteiger partial charge is 0.191 e. The number of aromatic nitrogens is 3. The van der Waals surface area contributed by atoms with Gasteiger partial charge in [-0.3, -0.25) is 0 Å². The molecule has 1 rings (SSSR count). The van der Waals surface area contributed by atoms with Crippen molar-refractivity contribution in [3.63, 3.8) is 0 Å². The summed E-state index contributed by atoms with van der Waals surface area (Å²) >= 11 is 1.53. The minimum atomic E-state index is -0.357. The van der Waals surface area contributed by atoms with Crippen LogP contribution in [0.4, 0.5) is 0 Å². The minimum Gasteiger partial charge on any atom is -0.391 e. The van der Waals surface area contributed by atoms with Crippen molar-refractivity contribution in [2.24, 2.45) is 7.05 Å². The van der Waals surface area contributed by atoms with E-state index in [0.29, 0.717) is 18.3 Å². The van der Waals surface area contributed by atoms with Gasteiger partial charge in [-0.1, -0.05) is 25.6 Å². The topological polar surface area (TPSA) is 63.0 Å². The molecule has 0 radical (unpaired) electrons. The summed E-state index contributed by atoms with van der Waals surface area (Å²) < 4.78 is 1.92. The van der Waals surface area contributed by atoms with E-state index < -0.39 is 0 Å². The van der Waals surface area contributed by atoms with Gasteiger partial charge in [0.15, 0.2) is 5.16 Å². The number of thioether (sulfide) groups is 1. The maximum Gasteiger partial charge on any atom is 0.191 e. The van der Waals surface area contributed by atoms with Crippen LogP contribution in [0.2, 0.25) is 0 Å². The van der Waals surface area contributed by atoms with Crippen LogP contribution in [0.5, 0.6) is 0 Å². The number of nitrogens with one attached hydrogen (secondary N) is 1. The van der Waals surface area contributed by atoms with Crippen LogP contribution in [0.3, 0.4) is 0 Å². The molecule has 1 heterocycles. The highest BCUT2D eigenvalue weighted by Gasteiger charge is 2.10. The van der Waals surface area contributed by atoms with Gasteiger partial charge in [-0.25, -0.2) is 0 Å². The molecule has 0 bridgehead atoms. The molecule has 16 heavy (non-hydrogen) atoms. The predicted molar refractivity (Wildman–Crippen MR) is 65.6 cm³/mol. The molecule has 2 N–H and O–H groups in total. The molecule has 1 atom stereocenters. The molecule has 92 valence electrons. The lowest BCUT2D eigenvalue weighted by molar-refractivity contribution is 0.192. The Labute approximate surface area is 101 Å². The van der Waals surface area contributed by atoms with Gasteiger partial charge in [-0.05, 0) is 6.92 Å². The first kappa shape index (κ1) is 13.5. The lowest BCUT2D eigenvalue weighted by Gasteiger charge is -2.13. The van der Waals surface area contributed by atoms with Gasteiger partial charge in [0.2, 0.25) is 0 Å². The predicted octanol–water partition coefficient (Wildman–Crippen LogP) is 0.575. The summed E-state index contributed by atoms with van der Waals surface area (Å²) in [6, 6.07) is 0.400. The lowest BCUT2D eigenvalue weighted by Crippen LogP contribution is -2.33. The van der Waals surface area contributed by atoms with Crippen molar-refractivity contribution in [3.8, 4) is 0 Å². The maximum absolute atomic E-state index is 9.72. The molecule has 0 spiro atoms. The highest BCUT2D eigenvalue weighted by atomic mass is 32.2. The highest BCUT2D eigenvalue weighted by Crippen LogP contribution is 2.15. The molecule has 0 aliphatic carbocycles. The maximum atomic E-state index is 9.72. The van der Waals surface area contributed by atoms with Crippen LogP contribution >= 0.6 is 11.8 Å². The van der Waals surface area contributed by atoms with E-state index >= 15 is 0 Å². The van der Waals surface area contributed by atoms with Crippen molar-refractivity contribution in [1.29, 1.82) is 0 Å². The lowest BCUT2D eigenvalue weighted by atomic mass is 10.3. The van der Waals surface area contributed by atoms with E-state index in [-0.39, 0.29) is 6.10 Å². The molecule has 0 aliphatic heterocycles. The van der Waals surface area contributed by atoms with E-state index in [0.717, 1.165) is 11.0 Å². The van der Waals surface area contributed by atoms with Gasteiger partial charge in [0.1, 0.15) is 5.82 Å². The number of nitrogens with zero attached hydrogens (tertiary/aromatic N) is 3. The Morgan fingerprint density at radius 2 is 2.12 bits per heavy atom. The molecule has 1 unspecified atom stereocenters. The van der Waals surface area contributed by atoms with E-state index in [4.69, 9.17) is 0 Å². The normalized spacial score (nSPS) is 13.4. The molecule has 1 aromatic rings. The van der Waals surface area contributed by atoms with Crippen LogP contribution in [-0.2, 0) is 7.05 Å². The summed E-state index contributed by atoms with van der Waals surface area (Å²) in [7, 11) is 1.93. The first-order chi connectivity index (χ1) is 7.50. The Bertz CT molecular complexity index is 327. The van der Waals surface area contributed by atoms with Gasteiger partial charge >= 0.3 is 0 Å². The Kier molecular flexibility index (Phi) is 5.24. The van der Waals surface area contributed by atoms with Gasteiger partial charge in [0, 0.05) is 25.4 Å². The molecule has 0 fully saturated rings. The van der Waals surface area contributed by atoms with Crippen molar-refractivity contribution in [1.82, 2.24) is 20.1 Å². The number of rotatable bonds is 6.